The molecule has 106 valence electrons. The Kier molecular flexibility index (Phi) is 5.57. The zero-order valence-electron chi connectivity index (χ0n) is 11.6. The van der Waals surface area contributed by atoms with Crippen molar-refractivity contribution in [1.82, 2.24) is 10.3 Å². The fourth-order valence-electron chi connectivity index (χ4n) is 2.45. The molecule has 1 aliphatic rings. The molecule has 0 saturated heterocycles. The molecule has 20 heavy (non-hydrogen) atoms. The van der Waals surface area contributed by atoms with Gasteiger partial charge in [-0.2, -0.15) is 0 Å². The van der Waals surface area contributed by atoms with Gasteiger partial charge in [0.1, 0.15) is 0 Å². The predicted octanol–water partition coefficient (Wildman–Crippen LogP) is 1.74. The molecule has 0 bridgehead atoms. The number of hydrogen-bond acceptors (Lipinski definition) is 3. The van der Waals surface area contributed by atoms with Crippen molar-refractivity contribution < 1.29 is 9.90 Å². The van der Waals surface area contributed by atoms with Gasteiger partial charge in [0.2, 0.25) is 0 Å². The Bertz CT molecular complexity index is 511. The lowest BCUT2D eigenvalue weighted by atomic mass is 10.1. The molecule has 4 nitrogen and oxygen atoms in total. The molecule has 1 fully saturated rings. The van der Waals surface area contributed by atoms with Crippen molar-refractivity contribution >= 4 is 5.91 Å². The number of rotatable bonds is 4. The topological polar surface area (TPSA) is 62.2 Å². The third-order valence-electron chi connectivity index (χ3n) is 3.55. The second-order valence-electron chi connectivity index (χ2n) is 5.06. The summed E-state index contributed by atoms with van der Waals surface area (Å²) in [5.74, 6) is 6.24. The van der Waals surface area contributed by atoms with Crippen molar-refractivity contribution in [2.24, 2.45) is 5.92 Å². The van der Waals surface area contributed by atoms with E-state index in [0.717, 1.165) is 6.54 Å². The van der Waals surface area contributed by atoms with Gasteiger partial charge in [-0.3, -0.25) is 9.78 Å². The quantitative estimate of drug-likeness (QED) is 0.821. The minimum Gasteiger partial charge on any atom is -0.395 e. The van der Waals surface area contributed by atoms with Crippen LogP contribution in [0.5, 0.6) is 0 Å². The molecular weight excluding hydrogens is 252 g/mol. The Labute approximate surface area is 119 Å². The Morgan fingerprint density at radius 3 is 3.00 bits per heavy atom. The molecule has 0 spiro atoms. The Morgan fingerprint density at radius 2 is 2.25 bits per heavy atom. The van der Waals surface area contributed by atoms with Crippen molar-refractivity contribution in [2.45, 2.75) is 32.1 Å². The number of aromatic nitrogens is 1. The van der Waals surface area contributed by atoms with Crippen LogP contribution in [0.3, 0.4) is 0 Å². The van der Waals surface area contributed by atoms with E-state index in [1.165, 1.54) is 25.7 Å². The van der Waals surface area contributed by atoms with Crippen LogP contribution < -0.4 is 5.32 Å². The van der Waals surface area contributed by atoms with Crippen LogP contribution in [0.4, 0.5) is 0 Å². The molecule has 0 aliphatic heterocycles. The van der Waals surface area contributed by atoms with Crippen LogP contribution in [0.15, 0.2) is 18.5 Å². The summed E-state index contributed by atoms with van der Waals surface area (Å²) >= 11 is 0. The minimum atomic E-state index is -0.0902. The van der Waals surface area contributed by atoms with Crippen molar-refractivity contribution in [1.29, 1.82) is 0 Å². The van der Waals surface area contributed by atoms with Gasteiger partial charge in [-0.25, -0.2) is 0 Å². The van der Waals surface area contributed by atoms with Crippen LogP contribution >= 0.6 is 0 Å². The fourth-order valence-corrected chi connectivity index (χ4v) is 2.45. The summed E-state index contributed by atoms with van der Waals surface area (Å²) in [6.07, 6.45) is 8.55. The lowest BCUT2D eigenvalue weighted by Gasteiger charge is -2.11. The number of carbonyl (C=O) groups excluding carboxylic acids is 1. The van der Waals surface area contributed by atoms with E-state index in [0.29, 0.717) is 23.5 Å². The zero-order valence-corrected chi connectivity index (χ0v) is 11.6. The van der Waals surface area contributed by atoms with Gasteiger partial charge in [0.25, 0.3) is 5.91 Å². The van der Waals surface area contributed by atoms with E-state index in [1.807, 2.05) is 0 Å². The highest BCUT2D eigenvalue weighted by atomic mass is 16.2. The molecule has 1 saturated carbocycles. The number of pyridine rings is 1. The molecule has 1 amide bonds. The van der Waals surface area contributed by atoms with Crippen LogP contribution in [-0.4, -0.2) is 29.1 Å². The molecule has 1 heterocycles. The van der Waals surface area contributed by atoms with E-state index in [-0.39, 0.29) is 12.5 Å². The zero-order chi connectivity index (χ0) is 14.2. The minimum absolute atomic E-state index is 0.0243. The molecule has 1 aromatic rings. The maximum atomic E-state index is 12.2. The summed E-state index contributed by atoms with van der Waals surface area (Å²) in [6, 6.07) is 1.69. The number of hydrogen-bond donors (Lipinski definition) is 2. The summed E-state index contributed by atoms with van der Waals surface area (Å²) in [5.41, 5.74) is 1.17. The van der Waals surface area contributed by atoms with Crippen LogP contribution in [0, 0.1) is 17.8 Å². The van der Waals surface area contributed by atoms with Gasteiger partial charge < -0.3 is 10.4 Å². The highest BCUT2D eigenvalue weighted by Crippen LogP contribution is 2.23. The second-order valence-corrected chi connectivity index (χ2v) is 5.06. The third-order valence-corrected chi connectivity index (χ3v) is 3.55. The smallest absolute Gasteiger partial charge is 0.252 e. The van der Waals surface area contributed by atoms with Crippen LogP contribution in [0.25, 0.3) is 0 Å². The number of nitrogens with one attached hydrogen (secondary N) is 1. The number of aliphatic hydroxyl groups excluding tert-OH is 1. The van der Waals surface area contributed by atoms with E-state index in [9.17, 15) is 4.79 Å². The van der Waals surface area contributed by atoms with Gasteiger partial charge in [0.15, 0.2) is 0 Å². The van der Waals surface area contributed by atoms with Gasteiger partial charge in [0, 0.05) is 25.4 Å². The number of nitrogens with zero attached hydrogens (tertiary/aromatic N) is 1. The summed E-state index contributed by atoms with van der Waals surface area (Å²) in [6.45, 7) is 0.765. The highest BCUT2D eigenvalue weighted by molar-refractivity contribution is 5.96. The lowest BCUT2D eigenvalue weighted by molar-refractivity contribution is 0.0947. The first-order valence-corrected chi connectivity index (χ1v) is 7.13. The van der Waals surface area contributed by atoms with Crippen molar-refractivity contribution in [2.75, 3.05) is 13.2 Å². The molecule has 0 unspecified atom stereocenters. The molecule has 2 rings (SSSR count). The number of aliphatic hydroxyl groups is 1. The van der Waals surface area contributed by atoms with Gasteiger partial charge in [-0.15, -0.1) is 0 Å². The summed E-state index contributed by atoms with van der Waals surface area (Å²) in [5, 5.41) is 11.7. The van der Waals surface area contributed by atoms with Gasteiger partial charge >= 0.3 is 0 Å². The number of amides is 1. The lowest BCUT2D eigenvalue weighted by Crippen LogP contribution is -2.29. The summed E-state index contributed by atoms with van der Waals surface area (Å²) in [4.78, 5) is 16.2. The number of carbonyl (C=O) groups is 1. The molecule has 0 aromatic carbocycles. The summed E-state index contributed by atoms with van der Waals surface area (Å²) < 4.78 is 0. The van der Waals surface area contributed by atoms with E-state index < -0.39 is 0 Å². The maximum Gasteiger partial charge on any atom is 0.252 e. The van der Waals surface area contributed by atoms with Crippen LogP contribution in [0.2, 0.25) is 0 Å². The Balaban J connectivity index is 1.99. The molecule has 2 N–H and O–H groups in total. The monoisotopic (exact) mass is 272 g/mol. The third kappa shape index (κ3) is 4.07. The van der Waals surface area contributed by atoms with Crippen LogP contribution in [-0.2, 0) is 0 Å². The molecule has 0 radical (unpaired) electrons. The van der Waals surface area contributed by atoms with E-state index >= 15 is 0 Å². The maximum absolute atomic E-state index is 12.2. The van der Waals surface area contributed by atoms with Crippen molar-refractivity contribution in [3.05, 3.63) is 29.6 Å². The SMILES string of the molecule is O=C(NCC1CCCC1)c1ccncc1C#CCCO. The average Bonchev–Trinajstić information content (AvgIpc) is 2.99. The van der Waals surface area contributed by atoms with E-state index in [4.69, 9.17) is 5.11 Å². The summed E-state index contributed by atoms with van der Waals surface area (Å²) in [7, 11) is 0. The van der Waals surface area contributed by atoms with Crippen LogP contribution in [0.1, 0.15) is 48.0 Å². The Hall–Kier alpha value is -1.86. The fraction of sp³-hybridized carbons (Fsp3) is 0.500. The van der Waals surface area contributed by atoms with Crippen molar-refractivity contribution in [3.8, 4) is 11.8 Å². The molecule has 1 aromatic heterocycles. The highest BCUT2D eigenvalue weighted by Gasteiger charge is 2.17. The molecule has 4 heteroatoms. The van der Waals surface area contributed by atoms with Gasteiger partial charge in [-0.05, 0) is 24.8 Å². The van der Waals surface area contributed by atoms with E-state index in [1.54, 1.807) is 18.5 Å². The predicted molar refractivity (Wildman–Crippen MR) is 77.1 cm³/mol. The molecule has 1 aliphatic carbocycles. The largest absolute Gasteiger partial charge is 0.395 e. The average molecular weight is 272 g/mol. The first-order chi connectivity index (χ1) is 9.81. The van der Waals surface area contributed by atoms with Gasteiger partial charge in [-0.1, -0.05) is 24.7 Å². The molecular formula is C16H20N2O2. The standard InChI is InChI=1S/C16H20N2O2/c19-10-4-3-7-14-12-17-9-8-15(14)16(20)18-11-13-5-1-2-6-13/h8-9,12-13,19H,1-2,4-6,10-11H2,(H,18,20). The van der Waals surface area contributed by atoms with Crippen molar-refractivity contribution in [3.63, 3.8) is 0 Å². The van der Waals surface area contributed by atoms with Gasteiger partial charge in [0.05, 0.1) is 17.7 Å². The Morgan fingerprint density at radius 1 is 1.45 bits per heavy atom. The normalized spacial score (nSPS) is 14.7. The molecule has 0 atom stereocenters. The van der Waals surface area contributed by atoms with E-state index in [2.05, 4.69) is 22.1 Å². The second kappa shape index (κ2) is 7.66. The first-order valence-electron chi connectivity index (χ1n) is 7.13. The first kappa shape index (κ1) is 14.5.